The van der Waals surface area contributed by atoms with Gasteiger partial charge in [-0.05, 0) is 19.1 Å². The number of amides is 1. The van der Waals surface area contributed by atoms with Gasteiger partial charge in [0.05, 0.1) is 7.11 Å². The van der Waals surface area contributed by atoms with E-state index in [9.17, 15) is 18.4 Å². The van der Waals surface area contributed by atoms with E-state index in [1.807, 2.05) is 6.92 Å². The lowest BCUT2D eigenvalue weighted by atomic mass is 10.1. The zero-order valence-corrected chi connectivity index (χ0v) is 13.0. The van der Waals surface area contributed by atoms with Crippen molar-refractivity contribution < 1.29 is 27.8 Å². The molecule has 1 amide bonds. The largest absolute Gasteiger partial charge is 0.493 e. The number of hydrogen-bond donors (Lipinski definition) is 1. The minimum absolute atomic E-state index is 0.0816. The number of Topliss-reactive ketones (excluding diaryl/α,β-unsaturated/α-hetero) is 1. The summed E-state index contributed by atoms with van der Waals surface area (Å²) in [6, 6.07) is 10.4. The number of ketones is 1. The first-order chi connectivity index (χ1) is 11.4. The first-order valence-corrected chi connectivity index (χ1v) is 6.96. The Bertz CT molecular complexity index is 745. The van der Waals surface area contributed by atoms with E-state index >= 15 is 0 Å². The molecule has 0 saturated carbocycles. The molecule has 0 aromatic heterocycles. The number of ether oxygens (including phenoxy) is 2. The summed E-state index contributed by atoms with van der Waals surface area (Å²) < 4.78 is 34.0. The number of rotatable bonds is 6. The Labute approximate surface area is 137 Å². The van der Waals surface area contributed by atoms with E-state index < -0.39 is 18.3 Å². The molecule has 0 heterocycles. The van der Waals surface area contributed by atoms with Gasteiger partial charge in [0.2, 0.25) is 0 Å². The first kappa shape index (κ1) is 17.4. The summed E-state index contributed by atoms with van der Waals surface area (Å²) in [6.45, 7) is -1.19. The second kappa shape index (κ2) is 7.54. The van der Waals surface area contributed by atoms with Crippen LogP contribution >= 0.6 is 0 Å². The Hall–Kier alpha value is -2.96. The smallest absolute Gasteiger partial charge is 0.387 e. The predicted molar refractivity (Wildman–Crippen MR) is 83.8 cm³/mol. The van der Waals surface area contributed by atoms with Crippen molar-refractivity contribution in [3.8, 4) is 11.5 Å². The van der Waals surface area contributed by atoms with E-state index in [1.165, 1.54) is 31.4 Å². The molecule has 5 nitrogen and oxygen atoms in total. The highest BCUT2D eigenvalue weighted by Crippen LogP contribution is 2.31. The molecule has 2 aromatic rings. The summed E-state index contributed by atoms with van der Waals surface area (Å²) >= 11 is 0. The minimum Gasteiger partial charge on any atom is -0.493 e. The molecule has 0 aliphatic carbocycles. The number of anilines is 1. The van der Waals surface area contributed by atoms with Crippen LogP contribution in [0.3, 0.4) is 0 Å². The van der Waals surface area contributed by atoms with Gasteiger partial charge in [-0.15, -0.1) is 0 Å². The summed E-state index contributed by atoms with van der Waals surface area (Å²) in [5, 5.41) is 2.35. The highest BCUT2D eigenvalue weighted by atomic mass is 19.3. The van der Waals surface area contributed by atoms with Crippen LogP contribution in [0.1, 0.15) is 15.9 Å². The molecular formula is C17H15F2NO4. The molecule has 0 atom stereocenters. The molecule has 2 rings (SSSR count). The van der Waals surface area contributed by atoms with Crippen molar-refractivity contribution in [2.45, 2.75) is 13.5 Å². The second-order valence-corrected chi connectivity index (χ2v) is 4.89. The molecule has 0 aliphatic heterocycles. The van der Waals surface area contributed by atoms with E-state index in [0.717, 1.165) is 11.6 Å². The fourth-order valence-electron chi connectivity index (χ4n) is 1.97. The van der Waals surface area contributed by atoms with Crippen LogP contribution in [0, 0.1) is 6.92 Å². The maximum atomic E-state index is 12.4. The zero-order valence-electron chi connectivity index (χ0n) is 13.0. The Morgan fingerprint density at radius 3 is 2.29 bits per heavy atom. The third-order valence-corrected chi connectivity index (χ3v) is 3.16. The molecule has 0 aliphatic rings. The number of nitrogens with one attached hydrogen (secondary N) is 1. The lowest BCUT2D eigenvalue weighted by Gasteiger charge is -2.12. The summed E-state index contributed by atoms with van der Waals surface area (Å²) in [4.78, 5) is 24.1. The van der Waals surface area contributed by atoms with Gasteiger partial charge in [-0.2, -0.15) is 8.78 Å². The van der Waals surface area contributed by atoms with Crippen LogP contribution in [-0.2, 0) is 4.79 Å². The number of carbonyl (C=O) groups excluding carboxylic acids is 2. The normalized spacial score (nSPS) is 10.4. The maximum absolute atomic E-state index is 12.4. The molecule has 0 saturated heterocycles. The molecule has 0 radical (unpaired) electrons. The minimum atomic E-state index is -3.04. The standard InChI is InChI=1S/C17H15F2NO4/c1-10-3-5-11(6-4-10)15(21)16(22)20-12-7-8-13(23-2)14(9-12)24-17(18)19/h3-9,17H,1-2H3,(H,20,22). The summed E-state index contributed by atoms with van der Waals surface area (Å²) in [5.74, 6) is -1.78. The molecule has 126 valence electrons. The molecule has 0 spiro atoms. The molecule has 7 heteroatoms. The summed E-state index contributed by atoms with van der Waals surface area (Å²) in [7, 11) is 1.30. The van der Waals surface area contributed by atoms with Crippen molar-refractivity contribution in [3.63, 3.8) is 0 Å². The van der Waals surface area contributed by atoms with Gasteiger partial charge in [0.25, 0.3) is 11.7 Å². The third-order valence-electron chi connectivity index (χ3n) is 3.16. The molecule has 0 fully saturated rings. The van der Waals surface area contributed by atoms with Crippen LogP contribution in [0.4, 0.5) is 14.5 Å². The van der Waals surface area contributed by atoms with Gasteiger partial charge in [-0.25, -0.2) is 0 Å². The number of halogens is 2. The van der Waals surface area contributed by atoms with Gasteiger partial charge in [0, 0.05) is 17.3 Å². The number of hydrogen-bond acceptors (Lipinski definition) is 4. The lowest BCUT2D eigenvalue weighted by molar-refractivity contribution is -0.112. The van der Waals surface area contributed by atoms with Crippen LogP contribution in [0.5, 0.6) is 11.5 Å². The van der Waals surface area contributed by atoms with E-state index in [-0.39, 0.29) is 22.7 Å². The zero-order chi connectivity index (χ0) is 17.7. The van der Waals surface area contributed by atoms with Gasteiger partial charge >= 0.3 is 6.61 Å². The maximum Gasteiger partial charge on any atom is 0.387 e. The number of alkyl halides is 2. The predicted octanol–water partition coefficient (Wildman–Crippen LogP) is 3.43. The van der Waals surface area contributed by atoms with Gasteiger partial charge in [0.15, 0.2) is 11.5 Å². The van der Waals surface area contributed by atoms with Crippen LogP contribution in [0.15, 0.2) is 42.5 Å². The van der Waals surface area contributed by atoms with Crippen molar-refractivity contribution in [2.75, 3.05) is 12.4 Å². The van der Waals surface area contributed by atoms with Crippen molar-refractivity contribution in [3.05, 3.63) is 53.6 Å². The van der Waals surface area contributed by atoms with Gasteiger partial charge in [-0.3, -0.25) is 9.59 Å². The lowest BCUT2D eigenvalue weighted by Crippen LogP contribution is -2.22. The average molecular weight is 335 g/mol. The highest BCUT2D eigenvalue weighted by Gasteiger charge is 2.18. The summed E-state index contributed by atoms with van der Waals surface area (Å²) in [6.07, 6.45) is 0. The van der Waals surface area contributed by atoms with Gasteiger partial charge < -0.3 is 14.8 Å². The molecule has 2 aromatic carbocycles. The van der Waals surface area contributed by atoms with Crippen LogP contribution in [-0.4, -0.2) is 25.4 Å². The Morgan fingerprint density at radius 2 is 1.71 bits per heavy atom. The third kappa shape index (κ3) is 4.28. The van der Waals surface area contributed by atoms with Crippen LogP contribution < -0.4 is 14.8 Å². The molecular weight excluding hydrogens is 320 g/mol. The Morgan fingerprint density at radius 1 is 1.04 bits per heavy atom. The fourth-order valence-corrected chi connectivity index (χ4v) is 1.97. The van der Waals surface area contributed by atoms with E-state index in [2.05, 4.69) is 10.1 Å². The topological polar surface area (TPSA) is 64.6 Å². The van der Waals surface area contributed by atoms with E-state index in [0.29, 0.717) is 0 Å². The summed E-state index contributed by atoms with van der Waals surface area (Å²) in [5.41, 5.74) is 1.32. The Kier molecular flexibility index (Phi) is 5.47. The van der Waals surface area contributed by atoms with Crippen molar-refractivity contribution in [1.82, 2.24) is 0 Å². The van der Waals surface area contributed by atoms with Crippen molar-refractivity contribution in [1.29, 1.82) is 0 Å². The second-order valence-electron chi connectivity index (χ2n) is 4.89. The van der Waals surface area contributed by atoms with Crippen LogP contribution in [0.25, 0.3) is 0 Å². The number of benzene rings is 2. The first-order valence-electron chi connectivity index (χ1n) is 6.96. The molecule has 0 bridgehead atoms. The highest BCUT2D eigenvalue weighted by molar-refractivity contribution is 6.46. The van der Waals surface area contributed by atoms with Gasteiger partial charge in [0.1, 0.15) is 0 Å². The van der Waals surface area contributed by atoms with E-state index in [1.54, 1.807) is 12.1 Å². The monoisotopic (exact) mass is 335 g/mol. The molecule has 24 heavy (non-hydrogen) atoms. The number of carbonyl (C=O) groups is 2. The van der Waals surface area contributed by atoms with Crippen molar-refractivity contribution in [2.24, 2.45) is 0 Å². The molecule has 0 unspecified atom stereocenters. The SMILES string of the molecule is COc1ccc(NC(=O)C(=O)c2ccc(C)cc2)cc1OC(F)F. The van der Waals surface area contributed by atoms with E-state index in [4.69, 9.17) is 4.74 Å². The van der Waals surface area contributed by atoms with Crippen molar-refractivity contribution >= 4 is 17.4 Å². The Balaban J connectivity index is 2.16. The van der Waals surface area contributed by atoms with Crippen LogP contribution in [0.2, 0.25) is 0 Å². The number of methoxy groups -OCH3 is 1. The quantitative estimate of drug-likeness (QED) is 0.649. The fraction of sp³-hybridized carbons (Fsp3) is 0.176. The average Bonchev–Trinajstić information content (AvgIpc) is 2.54. The van der Waals surface area contributed by atoms with Gasteiger partial charge in [-0.1, -0.05) is 29.8 Å². The molecule has 1 N–H and O–H groups in total. The number of aryl methyl sites for hydroxylation is 1.